The number of pyridine rings is 1. The maximum Gasteiger partial charge on any atom is 0.226 e. The molecule has 4 heteroatoms. The lowest BCUT2D eigenvalue weighted by molar-refractivity contribution is -0.117. The quantitative estimate of drug-likeness (QED) is 0.861. The van der Waals surface area contributed by atoms with Gasteiger partial charge in [0.1, 0.15) is 0 Å². The van der Waals surface area contributed by atoms with Gasteiger partial charge in [-0.15, -0.1) is 0 Å². The zero-order valence-electron chi connectivity index (χ0n) is 10.9. The number of hydrogen-bond donors (Lipinski definition) is 2. The highest BCUT2D eigenvalue weighted by atomic mass is 16.1. The normalized spacial score (nSPS) is 18.3. The molecular weight excluding hydrogens is 226 g/mol. The maximum absolute atomic E-state index is 12.0. The molecular formula is C14H21N3O. The molecule has 1 saturated carbocycles. The van der Waals surface area contributed by atoms with Gasteiger partial charge in [0.25, 0.3) is 0 Å². The molecule has 1 aromatic heterocycles. The molecule has 0 bridgehead atoms. The fourth-order valence-corrected chi connectivity index (χ4v) is 2.56. The van der Waals surface area contributed by atoms with Gasteiger partial charge in [-0.25, -0.2) is 0 Å². The summed E-state index contributed by atoms with van der Waals surface area (Å²) in [6.45, 7) is 1.93. The summed E-state index contributed by atoms with van der Waals surface area (Å²) < 4.78 is 0. The molecule has 3 N–H and O–H groups in total. The first-order chi connectivity index (χ1) is 8.59. The molecule has 98 valence electrons. The molecule has 0 spiro atoms. The van der Waals surface area contributed by atoms with Crippen LogP contribution < -0.4 is 11.1 Å². The van der Waals surface area contributed by atoms with E-state index < -0.39 is 0 Å². The Bertz CT molecular complexity index is 425. The second-order valence-electron chi connectivity index (χ2n) is 5.34. The number of aromatic nitrogens is 1. The molecule has 18 heavy (non-hydrogen) atoms. The number of amides is 1. The highest BCUT2D eigenvalue weighted by molar-refractivity contribution is 5.92. The van der Waals surface area contributed by atoms with Gasteiger partial charge < -0.3 is 11.1 Å². The van der Waals surface area contributed by atoms with Crippen LogP contribution in [-0.2, 0) is 4.79 Å². The predicted molar refractivity (Wildman–Crippen MR) is 72.2 cm³/mol. The summed E-state index contributed by atoms with van der Waals surface area (Å²) >= 11 is 0. The minimum atomic E-state index is -0.302. The molecule has 0 aliphatic heterocycles. The molecule has 1 amide bonds. The van der Waals surface area contributed by atoms with Crippen molar-refractivity contribution in [1.82, 2.24) is 4.98 Å². The number of anilines is 1. The largest absolute Gasteiger partial charge is 0.326 e. The Morgan fingerprint density at radius 1 is 1.44 bits per heavy atom. The Morgan fingerprint density at radius 2 is 2.17 bits per heavy atom. The fraction of sp³-hybridized carbons (Fsp3) is 0.571. The lowest BCUT2D eigenvalue weighted by Gasteiger charge is -2.32. The summed E-state index contributed by atoms with van der Waals surface area (Å²) in [5, 5.41) is 2.92. The lowest BCUT2D eigenvalue weighted by atomic mass is 9.80. The highest BCUT2D eigenvalue weighted by Gasteiger charge is 2.29. The first-order valence-electron chi connectivity index (χ1n) is 6.58. The van der Waals surface area contributed by atoms with E-state index in [-0.39, 0.29) is 11.4 Å². The number of nitrogens with two attached hydrogens (primary N) is 1. The van der Waals surface area contributed by atoms with Gasteiger partial charge in [0, 0.05) is 30.0 Å². The maximum atomic E-state index is 12.0. The number of hydrogen-bond acceptors (Lipinski definition) is 3. The zero-order valence-corrected chi connectivity index (χ0v) is 10.9. The van der Waals surface area contributed by atoms with E-state index >= 15 is 0 Å². The Labute approximate surface area is 108 Å². The van der Waals surface area contributed by atoms with Gasteiger partial charge in [0.2, 0.25) is 5.91 Å². The van der Waals surface area contributed by atoms with Crippen LogP contribution in [0.3, 0.4) is 0 Å². The zero-order chi connectivity index (χ0) is 13.0. The van der Waals surface area contributed by atoms with Gasteiger partial charge in [-0.1, -0.05) is 19.3 Å². The third-order valence-corrected chi connectivity index (χ3v) is 3.66. The Morgan fingerprint density at radius 3 is 2.83 bits per heavy atom. The minimum Gasteiger partial charge on any atom is -0.326 e. The van der Waals surface area contributed by atoms with Crippen LogP contribution in [0.5, 0.6) is 0 Å². The number of nitrogens with one attached hydrogen (secondary N) is 1. The Balaban J connectivity index is 1.94. The van der Waals surface area contributed by atoms with Gasteiger partial charge >= 0.3 is 0 Å². The van der Waals surface area contributed by atoms with Crippen molar-refractivity contribution in [3.8, 4) is 0 Å². The van der Waals surface area contributed by atoms with Gasteiger partial charge in [0.05, 0.1) is 0 Å². The van der Waals surface area contributed by atoms with Crippen LogP contribution in [0.4, 0.5) is 5.69 Å². The molecule has 0 atom stereocenters. The topological polar surface area (TPSA) is 68.0 Å². The molecule has 0 radical (unpaired) electrons. The summed E-state index contributed by atoms with van der Waals surface area (Å²) in [7, 11) is 0. The van der Waals surface area contributed by atoms with E-state index in [1.54, 1.807) is 12.4 Å². The van der Waals surface area contributed by atoms with Crippen LogP contribution in [0, 0.1) is 6.92 Å². The van der Waals surface area contributed by atoms with Gasteiger partial charge in [-0.2, -0.15) is 0 Å². The van der Waals surface area contributed by atoms with Gasteiger partial charge in [-0.05, 0) is 31.4 Å². The summed E-state index contributed by atoms with van der Waals surface area (Å²) in [6.07, 6.45) is 9.26. The van der Waals surface area contributed by atoms with Gasteiger partial charge in [0.15, 0.2) is 0 Å². The molecule has 1 aromatic rings. The smallest absolute Gasteiger partial charge is 0.226 e. The average Bonchev–Trinajstić information content (AvgIpc) is 2.32. The van der Waals surface area contributed by atoms with E-state index in [4.69, 9.17) is 5.73 Å². The monoisotopic (exact) mass is 247 g/mol. The highest BCUT2D eigenvalue weighted by Crippen LogP contribution is 2.29. The second kappa shape index (κ2) is 5.48. The van der Waals surface area contributed by atoms with E-state index in [0.717, 1.165) is 36.9 Å². The van der Waals surface area contributed by atoms with E-state index in [1.165, 1.54) is 6.42 Å². The molecule has 2 rings (SSSR count). The van der Waals surface area contributed by atoms with Crippen molar-refractivity contribution in [2.45, 2.75) is 51.0 Å². The third kappa shape index (κ3) is 3.29. The summed E-state index contributed by atoms with van der Waals surface area (Å²) in [5.41, 5.74) is 7.78. The molecule has 0 saturated heterocycles. The van der Waals surface area contributed by atoms with E-state index in [9.17, 15) is 4.79 Å². The van der Waals surface area contributed by atoms with Crippen molar-refractivity contribution >= 4 is 11.6 Å². The van der Waals surface area contributed by atoms with Gasteiger partial charge in [-0.3, -0.25) is 9.78 Å². The van der Waals surface area contributed by atoms with Crippen molar-refractivity contribution in [3.05, 3.63) is 24.0 Å². The summed E-state index contributed by atoms with van der Waals surface area (Å²) in [6, 6.07) is 1.82. The number of aryl methyl sites for hydroxylation is 1. The minimum absolute atomic E-state index is 0.00806. The lowest BCUT2D eigenvalue weighted by Crippen LogP contribution is -2.44. The van der Waals surface area contributed by atoms with Crippen LogP contribution in [0.15, 0.2) is 18.5 Å². The van der Waals surface area contributed by atoms with Crippen molar-refractivity contribution in [1.29, 1.82) is 0 Å². The van der Waals surface area contributed by atoms with Crippen LogP contribution in [0.1, 0.15) is 44.1 Å². The van der Waals surface area contributed by atoms with Crippen LogP contribution in [-0.4, -0.2) is 16.4 Å². The molecule has 0 unspecified atom stereocenters. The number of carbonyl (C=O) groups excluding carboxylic acids is 1. The second-order valence-corrected chi connectivity index (χ2v) is 5.34. The first kappa shape index (κ1) is 13.0. The molecule has 4 nitrogen and oxygen atoms in total. The molecule has 0 aromatic carbocycles. The standard InChI is InChI=1S/C14H21N3O/c1-11-10-16-8-5-12(11)17-13(18)9-14(15)6-3-2-4-7-14/h5,8,10H,2-4,6-7,9,15H2,1H3,(H,16,17,18). The molecule has 1 fully saturated rings. The number of carbonyl (C=O) groups is 1. The molecule has 1 heterocycles. The predicted octanol–water partition coefficient (Wildman–Crippen LogP) is 2.38. The average molecular weight is 247 g/mol. The SMILES string of the molecule is Cc1cnccc1NC(=O)CC1(N)CCCCC1. The molecule has 1 aliphatic carbocycles. The number of nitrogens with zero attached hydrogens (tertiary/aromatic N) is 1. The van der Waals surface area contributed by atoms with Crippen molar-refractivity contribution in [2.24, 2.45) is 5.73 Å². The van der Waals surface area contributed by atoms with Crippen LogP contribution in [0.25, 0.3) is 0 Å². The Kier molecular flexibility index (Phi) is 3.97. The number of rotatable bonds is 3. The van der Waals surface area contributed by atoms with E-state index in [0.29, 0.717) is 6.42 Å². The fourth-order valence-electron chi connectivity index (χ4n) is 2.56. The van der Waals surface area contributed by atoms with Crippen LogP contribution in [0.2, 0.25) is 0 Å². The Hall–Kier alpha value is -1.42. The summed E-state index contributed by atoms with van der Waals surface area (Å²) in [5.74, 6) is 0.00806. The summed E-state index contributed by atoms with van der Waals surface area (Å²) in [4.78, 5) is 16.0. The van der Waals surface area contributed by atoms with E-state index in [2.05, 4.69) is 10.3 Å². The van der Waals surface area contributed by atoms with Crippen molar-refractivity contribution < 1.29 is 4.79 Å². The third-order valence-electron chi connectivity index (χ3n) is 3.66. The van der Waals surface area contributed by atoms with Crippen molar-refractivity contribution in [3.63, 3.8) is 0 Å². The van der Waals surface area contributed by atoms with E-state index in [1.807, 2.05) is 13.0 Å². The van der Waals surface area contributed by atoms with Crippen molar-refractivity contribution in [2.75, 3.05) is 5.32 Å². The molecule has 1 aliphatic rings. The first-order valence-corrected chi connectivity index (χ1v) is 6.58. The van der Waals surface area contributed by atoms with Crippen LogP contribution >= 0.6 is 0 Å².